The number of rotatable bonds is 2. The van der Waals surface area contributed by atoms with Gasteiger partial charge >= 0.3 is 0 Å². The van der Waals surface area contributed by atoms with E-state index in [0.29, 0.717) is 30.9 Å². The molecule has 2 fully saturated rings. The lowest BCUT2D eigenvalue weighted by atomic mass is 10.1. The minimum atomic E-state index is -0.252. The number of likely N-dealkylation sites (N-methyl/N-ethyl adjacent to an activating group) is 1. The fraction of sp³-hybridized carbons (Fsp3) is 0.533. The van der Waals surface area contributed by atoms with Gasteiger partial charge in [-0.05, 0) is 17.7 Å². The first-order valence-corrected chi connectivity index (χ1v) is 7.44. The van der Waals surface area contributed by atoms with Gasteiger partial charge in [0.15, 0.2) is 0 Å². The van der Waals surface area contributed by atoms with Crippen LogP contribution >= 0.6 is 0 Å². The summed E-state index contributed by atoms with van der Waals surface area (Å²) in [4.78, 5) is 34.5. The molecule has 0 saturated carbocycles. The van der Waals surface area contributed by atoms with Crippen molar-refractivity contribution in [1.82, 2.24) is 19.7 Å². The third-order valence-electron chi connectivity index (χ3n) is 4.39. The second-order valence-corrected chi connectivity index (χ2v) is 5.77. The lowest BCUT2D eigenvalue weighted by molar-refractivity contribution is -0.142. The average Bonchev–Trinajstić information content (AvgIpc) is 2.57. The molecule has 2 saturated heterocycles. The maximum absolute atomic E-state index is 12.6. The number of pyridine rings is 1. The molecule has 1 atom stereocenters. The Morgan fingerprint density at radius 1 is 1.36 bits per heavy atom. The number of aliphatic hydroxyl groups excluding tert-OH is 1. The first kappa shape index (κ1) is 14.9. The molecule has 1 N–H and O–H groups in total. The van der Waals surface area contributed by atoms with E-state index >= 15 is 0 Å². The summed E-state index contributed by atoms with van der Waals surface area (Å²) in [6.45, 7) is 3.17. The van der Waals surface area contributed by atoms with Crippen LogP contribution in [0.3, 0.4) is 0 Å². The summed E-state index contributed by atoms with van der Waals surface area (Å²) in [5, 5.41) is 9.16. The van der Waals surface area contributed by atoms with Crippen LogP contribution in [-0.4, -0.2) is 82.4 Å². The molecule has 3 rings (SSSR count). The summed E-state index contributed by atoms with van der Waals surface area (Å²) in [6.07, 6.45) is 1.52. The zero-order chi connectivity index (χ0) is 15.7. The second-order valence-electron chi connectivity index (χ2n) is 5.77. The highest BCUT2D eigenvalue weighted by molar-refractivity contribution is 5.93. The van der Waals surface area contributed by atoms with Crippen LogP contribution < -0.4 is 0 Å². The largest absolute Gasteiger partial charge is 0.392 e. The van der Waals surface area contributed by atoms with Gasteiger partial charge in [-0.15, -0.1) is 0 Å². The molecule has 3 heterocycles. The molecule has 22 heavy (non-hydrogen) atoms. The van der Waals surface area contributed by atoms with Crippen LogP contribution in [0.25, 0.3) is 0 Å². The summed E-state index contributed by atoms with van der Waals surface area (Å²) < 4.78 is 0. The number of aromatic nitrogens is 1. The van der Waals surface area contributed by atoms with Crippen molar-refractivity contribution in [3.8, 4) is 0 Å². The Hall–Kier alpha value is -1.99. The highest BCUT2D eigenvalue weighted by atomic mass is 16.3. The van der Waals surface area contributed by atoms with Crippen molar-refractivity contribution in [3.63, 3.8) is 0 Å². The molecule has 0 radical (unpaired) electrons. The molecular weight excluding hydrogens is 284 g/mol. The van der Waals surface area contributed by atoms with Gasteiger partial charge in [-0.3, -0.25) is 19.5 Å². The van der Waals surface area contributed by atoms with Crippen LogP contribution in [-0.2, 0) is 11.4 Å². The Morgan fingerprint density at radius 3 is 2.91 bits per heavy atom. The fourth-order valence-corrected chi connectivity index (χ4v) is 3.00. The molecule has 7 heteroatoms. The lowest BCUT2D eigenvalue weighted by Crippen LogP contribution is -2.64. The first-order chi connectivity index (χ1) is 10.6. The molecule has 0 bridgehead atoms. The molecule has 7 nitrogen and oxygen atoms in total. The minimum absolute atomic E-state index is 0.0702. The van der Waals surface area contributed by atoms with Gasteiger partial charge in [0, 0.05) is 46.0 Å². The maximum Gasteiger partial charge on any atom is 0.272 e. The summed E-state index contributed by atoms with van der Waals surface area (Å²) in [6, 6.07) is 3.02. The van der Waals surface area contributed by atoms with E-state index in [0.717, 1.165) is 13.1 Å². The van der Waals surface area contributed by atoms with E-state index < -0.39 is 0 Å². The Morgan fingerprint density at radius 2 is 2.14 bits per heavy atom. The third-order valence-corrected chi connectivity index (χ3v) is 4.39. The van der Waals surface area contributed by atoms with E-state index in [9.17, 15) is 9.59 Å². The molecule has 1 aromatic rings. The Labute approximate surface area is 129 Å². The van der Waals surface area contributed by atoms with Crippen LogP contribution in [0.5, 0.6) is 0 Å². The number of carbonyl (C=O) groups excluding carboxylic acids is 2. The number of hydrogen-bond donors (Lipinski definition) is 1. The summed E-state index contributed by atoms with van der Waals surface area (Å²) in [5.41, 5.74) is 0.974. The quantitative estimate of drug-likeness (QED) is 0.772. The van der Waals surface area contributed by atoms with E-state index in [2.05, 4.69) is 9.88 Å². The summed E-state index contributed by atoms with van der Waals surface area (Å²) in [5.74, 6) is -0.114. The van der Waals surface area contributed by atoms with Crippen molar-refractivity contribution in [2.24, 2.45) is 0 Å². The van der Waals surface area contributed by atoms with E-state index in [4.69, 9.17) is 5.11 Å². The molecule has 2 aliphatic rings. The van der Waals surface area contributed by atoms with Crippen molar-refractivity contribution in [2.45, 2.75) is 12.6 Å². The average molecular weight is 304 g/mol. The normalized spacial score (nSPS) is 22.6. The number of hydrogen-bond acceptors (Lipinski definition) is 5. The lowest BCUT2D eigenvalue weighted by Gasteiger charge is -2.45. The highest BCUT2D eigenvalue weighted by Gasteiger charge is 2.38. The van der Waals surface area contributed by atoms with Crippen LogP contribution in [0.2, 0.25) is 0 Å². The number of nitrogens with zero attached hydrogens (tertiary/aromatic N) is 4. The van der Waals surface area contributed by atoms with Crippen LogP contribution in [0.4, 0.5) is 0 Å². The minimum Gasteiger partial charge on any atom is -0.392 e. The van der Waals surface area contributed by atoms with Gasteiger partial charge in [-0.2, -0.15) is 0 Å². The molecular formula is C15H20N4O3. The topological polar surface area (TPSA) is 77.0 Å². The van der Waals surface area contributed by atoms with Gasteiger partial charge < -0.3 is 14.9 Å². The monoisotopic (exact) mass is 304 g/mol. The molecule has 1 aromatic heterocycles. The van der Waals surface area contributed by atoms with E-state index in [1.54, 1.807) is 29.0 Å². The zero-order valence-electron chi connectivity index (χ0n) is 12.6. The highest BCUT2D eigenvalue weighted by Crippen LogP contribution is 2.17. The predicted octanol–water partition coefficient (Wildman–Crippen LogP) is -0.828. The van der Waals surface area contributed by atoms with Crippen LogP contribution in [0, 0.1) is 0 Å². The molecule has 0 spiro atoms. The standard InChI is InChI=1S/C15H20N4O3/c1-17-4-5-18-6-7-19(9-13(18)15(17)22)14(21)12-8-11(10-20)2-3-16-12/h2-3,8,13,20H,4-7,9-10H2,1H3. The second kappa shape index (κ2) is 6.02. The Kier molecular flexibility index (Phi) is 4.08. The van der Waals surface area contributed by atoms with Crippen molar-refractivity contribution in [3.05, 3.63) is 29.6 Å². The van der Waals surface area contributed by atoms with Gasteiger partial charge in [-0.25, -0.2) is 0 Å². The molecule has 2 aliphatic heterocycles. The van der Waals surface area contributed by atoms with Crippen molar-refractivity contribution in [2.75, 3.05) is 39.8 Å². The van der Waals surface area contributed by atoms with Gasteiger partial charge in [0.1, 0.15) is 11.7 Å². The number of aliphatic hydroxyl groups is 1. The molecule has 0 aromatic carbocycles. The smallest absolute Gasteiger partial charge is 0.272 e. The predicted molar refractivity (Wildman–Crippen MR) is 79.1 cm³/mol. The summed E-state index contributed by atoms with van der Waals surface area (Å²) >= 11 is 0. The number of amides is 2. The van der Waals surface area contributed by atoms with Crippen molar-refractivity contribution in [1.29, 1.82) is 0 Å². The van der Waals surface area contributed by atoms with Gasteiger partial charge in [0.2, 0.25) is 5.91 Å². The number of fused-ring (bicyclic) bond motifs is 1. The number of piperazine rings is 2. The SMILES string of the molecule is CN1CCN2CCN(C(=O)c3cc(CO)ccn3)CC2C1=O. The van der Waals surface area contributed by atoms with Crippen molar-refractivity contribution < 1.29 is 14.7 Å². The molecule has 118 valence electrons. The zero-order valence-corrected chi connectivity index (χ0v) is 12.6. The van der Waals surface area contributed by atoms with Gasteiger partial charge in [-0.1, -0.05) is 0 Å². The van der Waals surface area contributed by atoms with Crippen LogP contribution in [0.15, 0.2) is 18.3 Å². The molecule has 2 amide bonds. The van der Waals surface area contributed by atoms with Gasteiger partial charge in [0.25, 0.3) is 5.91 Å². The fourth-order valence-electron chi connectivity index (χ4n) is 3.00. The first-order valence-electron chi connectivity index (χ1n) is 7.44. The molecule has 0 aliphatic carbocycles. The summed E-state index contributed by atoms with van der Waals surface area (Å²) in [7, 11) is 1.80. The van der Waals surface area contributed by atoms with E-state index in [1.165, 1.54) is 6.20 Å². The van der Waals surface area contributed by atoms with Crippen LogP contribution in [0.1, 0.15) is 16.1 Å². The molecule has 1 unspecified atom stereocenters. The van der Waals surface area contributed by atoms with E-state index in [1.807, 2.05) is 0 Å². The van der Waals surface area contributed by atoms with E-state index in [-0.39, 0.29) is 24.5 Å². The number of carbonyl (C=O) groups is 2. The maximum atomic E-state index is 12.6. The van der Waals surface area contributed by atoms with Gasteiger partial charge in [0.05, 0.1) is 6.61 Å². The third kappa shape index (κ3) is 2.69. The van der Waals surface area contributed by atoms with Crippen molar-refractivity contribution >= 4 is 11.8 Å². The Bertz CT molecular complexity index is 592. The Balaban J connectivity index is 1.75.